The average Bonchev–Trinajstić information content (AvgIpc) is 3.08. The second-order valence-corrected chi connectivity index (χ2v) is 6.28. The van der Waals surface area contributed by atoms with E-state index in [1.165, 1.54) is 5.56 Å². The van der Waals surface area contributed by atoms with E-state index in [1.807, 2.05) is 37.4 Å². The van der Waals surface area contributed by atoms with Crippen LogP contribution in [0.2, 0.25) is 0 Å². The minimum Gasteiger partial charge on any atom is -0.381 e. The predicted octanol–water partition coefficient (Wildman–Crippen LogP) is 3.21. The van der Waals surface area contributed by atoms with Gasteiger partial charge in [0.1, 0.15) is 5.01 Å². The van der Waals surface area contributed by atoms with E-state index in [2.05, 4.69) is 22.4 Å². The maximum Gasteiger partial charge on any atom is 0.226 e. The van der Waals surface area contributed by atoms with Crippen molar-refractivity contribution in [3.63, 3.8) is 0 Å². The zero-order valence-electron chi connectivity index (χ0n) is 13.2. The van der Waals surface area contributed by atoms with E-state index in [-0.39, 0.29) is 24.0 Å². The Morgan fingerprint density at radius 2 is 2.05 bits per heavy atom. The molecule has 0 aliphatic rings. The number of hydrogen-bond acceptors (Lipinski definition) is 4. The van der Waals surface area contributed by atoms with Gasteiger partial charge in [-0.3, -0.25) is 4.79 Å². The van der Waals surface area contributed by atoms with Crippen molar-refractivity contribution in [2.75, 3.05) is 7.11 Å². The maximum atomic E-state index is 12.4. The van der Waals surface area contributed by atoms with Crippen molar-refractivity contribution in [2.45, 2.75) is 32.4 Å². The van der Waals surface area contributed by atoms with Crippen molar-refractivity contribution >= 4 is 17.2 Å². The lowest BCUT2D eigenvalue weighted by Crippen LogP contribution is -2.38. The van der Waals surface area contributed by atoms with Gasteiger partial charge >= 0.3 is 0 Å². The second kappa shape index (κ2) is 8.06. The minimum atomic E-state index is -0.205. The maximum absolute atomic E-state index is 12.4. The van der Waals surface area contributed by atoms with Gasteiger partial charge in [-0.2, -0.15) is 0 Å². The molecule has 1 aromatic heterocycles. The Balaban J connectivity index is 2.10. The van der Waals surface area contributed by atoms with Crippen molar-refractivity contribution in [3.8, 4) is 0 Å². The summed E-state index contributed by atoms with van der Waals surface area (Å²) in [5, 5.41) is 5.97. The fourth-order valence-corrected chi connectivity index (χ4v) is 2.87. The van der Waals surface area contributed by atoms with Crippen LogP contribution >= 0.6 is 11.3 Å². The molecule has 22 heavy (non-hydrogen) atoms. The molecule has 1 N–H and O–H groups in total. The van der Waals surface area contributed by atoms with E-state index >= 15 is 0 Å². The van der Waals surface area contributed by atoms with Crippen LogP contribution in [-0.4, -0.2) is 24.1 Å². The molecule has 0 aliphatic carbocycles. The lowest BCUT2D eigenvalue weighted by atomic mass is 10.0. The zero-order valence-corrected chi connectivity index (χ0v) is 14.0. The third-order valence-electron chi connectivity index (χ3n) is 3.84. The topological polar surface area (TPSA) is 51.2 Å². The number of carbonyl (C=O) groups is 1. The molecule has 1 unspecified atom stereocenters. The first-order chi connectivity index (χ1) is 10.6. The summed E-state index contributed by atoms with van der Waals surface area (Å²) < 4.78 is 5.25. The Bertz CT molecular complexity index is 572. The molecule has 0 spiro atoms. The molecule has 1 heterocycles. The molecule has 1 amide bonds. The molecule has 4 nitrogen and oxygen atoms in total. The van der Waals surface area contributed by atoms with Crippen LogP contribution < -0.4 is 5.32 Å². The van der Waals surface area contributed by atoms with E-state index in [9.17, 15) is 4.79 Å². The lowest BCUT2D eigenvalue weighted by Gasteiger charge is -2.22. The number of aromatic nitrogens is 1. The number of hydrogen-bond donors (Lipinski definition) is 1. The Kier molecular flexibility index (Phi) is 6.10. The Morgan fingerprint density at radius 1 is 1.32 bits per heavy atom. The van der Waals surface area contributed by atoms with Gasteiger partial charge in [0, 0.05) is 18.7 Å². The van der Waals surface area contributed by atoms with Gasteiger partial charge in [0.05, 0.1) is 18.1 Å². The molecular weight excluding hydrogens is 296 g/mol. The number of rotatable bonds is 7. The number of carbonyl (C=O) groups excluding carboxylic acids is 1. The Labute approximate surface area is 135 Å². The van der Waals surface area contributed by atoms with Crippen LogP contribution in [0.5, 0.6) is 0 Å². The highest BCUT2D eigenvalue weighted by atomic mass is 32.1. The molecule has 3 atom stereocenters. The van der Waals surface area contributed by atoms with Gasteiger partial charge in [-0.15, -0.1) is 11.3 Å². The number of methoxy groups -OCH3 is 1. The highest BCUT2D eigenvalue weighted by Crippen LogP contribution is 2.21. The van der Waals surface area contributed by atoms with Crippen LogP contribution in [0, 0.1) is 5.92 Å². The SMILES string of the molecule is CO[C@@H](C)[C@@H](C)C(=O)NC(Cc1ccccc1)c1nccs1. The smallest absolute Gasteiger partial charge is 0.226 e. The van der Waals surface area contributed by atoms with Crippen LogP contribution in [0.1, 0.15) is 30.5 Å². The molecule has 118 valence electrons. The summed E-state index contributed by atoms with van der Waals surface area (Å²) in [4.78, 5) is 16.8. The third kappa shape index (κ3) is 4.39. The average molecular weight is 318 g/mol. The first kappa shape index (κ1) is 16.6. The molecule has 0 radical (unpaired) electrons. The molecular formula is C17H22N2O2S. The molecule has 2 rings (SSSR count). The van der Waals surface area contributed by atoms with Crippen LogP contribution in [0.4, 0.5) is 0 Å². The molecule has 1 aromatic carbocycles. The summed E-state index contributed by atoms with van der Waals surface area (Å²) in [7, 11) is 1.62. The van der Waals surface area contributed by atoms with Crippen molar-refractivity contribution in [1.82, 2.24) is 10.3 Å². The van der Waals surface area contributed by atoms with Crippen molar-refractivity contribution in [3.05, 3.63) is 52.5 Å². The van der Waals surface area contributed by atoms with Crippen LogP contribution in [0.3, 0.4) is 0 Å². The number of thiazole rings is 1. The van der Waals surface area contributed by atoms with Gasteiger partial charge in [0.15, 0.2) is 0 Å². The van der Waals surface area contributed by atoms with E-state index in [0.717, 1.165) is 11.4 Å². The van der Waals surface area contributed by atoms with E-state index in [4.69, 9.17) is 4.74 Å². The van der Waals surface area contributed by atoms with E-state index < -0.39 is 0 Å². The van der Waals surface area contributed by atoms with E-state index in [1.54, 1.807) is 24.6 Å². The van der Waals surface area contributed by atoms with Crippen molar-refractivity contribution in [1.29, 1.82) is 0 Å². The molecule has 0 fully saturated rings. The van der Waals surface area contributed by atoms with Gasteiger partial charge < -0.3 is 10.1 Å². The summed E-state index contributed by atoms with van der Waals surface area (Å²) in [5.74, 6) is -0.214. The minimum absolute atomic E-state index is 0.00881. The lowest BCUT2D eigenvalue weighted by molar-refractivity contribution is -0.129. The normalized spacial score (nSPS) is 15.0. The molecule has 0 aliphatic heterocycles. The van der Waals surface area contributed by atoms with Crippen LogP contribution in [0.15, 0.2) is 41.9 Å². The summed E-state index contributed by atoms with van der Waals surface area (Å²) in [6.07, 6.45) is 2.38. The van der Waals surface area contributed by atoms with Gasteiger partial charge in [-0.1, -0.05) is 37.3 Å². The summed E-state index contributed by atoms with van der Waals surface area (Å²) in [6.45, 7) is 3.78. The van der Waals surface area contributed by atoms with Crippen molar-refractivity contribution in [2.24, 2.45) is 5.92 Å². The number of nitrogens with one attached hydrogen (secondary N) is 1. The monoisotopic (exact) mass is 318 g/mol. The van der Waals surface area contributed by atoms with Crippen LogP contribution in [-0.2, 0) is 16.0 Å². The number of benzene rings is 1. The molecule has 2 aromatic rings. The highest BCUT2D eigenvalue weighted by molar-refractivity contribution is 7.09. The number of ether oxygens (including phenoxy) is 1. The summed E-state index contributed by atoms with van der Waals surface area (Å²) in [5.41, 5.74) is 1.18. The quantitative estimate of drug-likeness (QED) is 0.853. The Hall–Kier alpha value is -1.72. The van der Waals surface area contributed by atoms with Gasteiger partial charge in [0.25, 0.3) is 0 Å². The molecule has 0 bridgehead atoms. The van der Waals surface area contributed by atoms with E-state index in [0.29, 0.717) is 0 Å². The number of nitrogens with zero attached hydrogens (tertiary/aromatic N) is 1. The second-order valence-electron chi connectivity index (χ2n) is 5.35. The summed E-state index contributed by atoms with van der Waals surface area (Å²) >= 11 is 1.56. The highest BCUT2D eigenvalue weighted by Gasteiger charge is 2.24. The first-order valence-corrected chi connectivity index (χ1v) is 8.26. The summed E-state index contributed by atoms with van der Waals surface area (Å²) in [6, 6.07) is 10.0. The fourth-order valence-electron chi connectivity index (χ4n) is 2.18. The standard InChI is InChI=1S/C17H22N2O2S/c1-12(13(2)21-3)16(20)19-15(17-18-9-10-22-17)11-14-7-5-4-6-8-14/h4-10,12-13,15H,11H2,1-3H3,(H,19,20)/t12-,13+,15?/m1/s1. The van der Waals surface area contributed by atoms with Gasteiger partial charge in [-0.05, 0) is 18.9 Å². The molecule has 0 saturated heterocycles. The first-order valence-electron chi connectivity index (χ1n) is 7.38. The van der Waals surface area contributed by atoms with Crippen molar-refractivity contribution < 1.29 is 9.53 Å². The predicted molar refractivity (Wildman–Crippen MR) is 88.8 cm³/mol. The molecule has 5 heteroatoms. The Morgan fingerprint density at radius 3 is 2.64 bits per heavy atom. The largest absolute Gasteiger partial charge is 0.381 e. The van der Waals surface area contributed by atoms with Gasteiger partial charge in [0.2, 0.25) is 5.91 Å². The fraction of sp³-hybridized carbons (Fsp3) is 0.412. The molecule has 0 saturated carbocycles. The third-order valence-corrected chi connectivity index (χ3v) is 4.73. The zero-order chi connectivity index (χ0) is 15.9. The van der Waals surface area contributed by atoms with Gasteiger partial charge in [-0.25, -0.2) is 4.98 Å². The van der Waals surface area contributed by atoms with Crippen LogP contribution in [0.25, 0.3) is 0 Å². The number of amides is 1.